The van der Waals surface area contributed by atoms with Crippen LogP contribution in [0.15, 0.2) is 73.1 Å². The maximum absolute atomic E-state index is 3.33. The second kappa shape index (κ2) is 5.57. The lowest BCUT2D eigenvalue weighted by Gasteiger charge is -1.95. The van der Waals surface area contributed by atoms with Crippen molar-refractivity contribution in [3.05, 3.63) is 84.2 Å². The fraction of sp³-hybridized carbons (Fsp3) is 0.100. The first-order valence-electron chi connectivity index (χ1n) is 7.67. The topological polar surface area (TPSA) is 31.6 Å². The molecule has 0 aliphatic heterocycles. The molecule has 0 unspecified atom stereocenters. The van der Waals surface area contributed by atoms with Gasteiger partial charge in [0.05, 0.1) is 0 Å². The number of aromatic amines is 2. The largest absolute Gasteiger partial charge is 0.361 e. The molecule has 2 N–H and O–H groups in total. The zero-order valence-corrected chi connectivity index (χ0v) is 12.3. The highest BCUT2D eigenvalue weighted by atomic mass is 14.7. The number of nitrogens with one attached hydrogen (secondary N) is 2. The minimum atomic E-state index is 0.965. The minimum absolute atomic E-state index is 0.965. The number of H-pyrrole nitrogens is 2. The van der Waals surface area contributed by atoms with E-state index in [0.29, 0.717) is 0 Å². The lowest BCUT2D eigenvalue weighted by Crippen LogP contribution is -1.80. The van der Waals surface area contributed by atoms with E-state index in [1.807, 2.05) is 0 Å². The van der Waals surface area contributed by atoms with Crippen LogP contribution in [-0.4, -0.2) is 9.97 Å². The van der Waals surface area contributed by atoms with E-state index in [-0.39, 0.29) is 0 Å². The molecule has 0 saturated heterocycles. The number of aromatic nitrogens is 2. The third-order valence-electron chi connectivity index (χ3n) is 4.19. The standard InChI is InChI=1S/C20H18N2/c1(7-15-13-21-19-11-5-3-9-17(15)19)2-8-16-14-22-20-12-6-4-10-18(16)20/h1-6,9-14,21-22H,7-8H2/b2-1-. The summed E-state index contributed by atoms with van der Waals surface area (Å²) in [6.07, 6.45) is 10.7. The summed E-state index contributed by atoms with van der Waals surface area (Å²) >= 11 is 0. The third kappa shape index (κ3) is 2.33. The van der Waals surface area contributed by atoms with E-state index >= 15 is 0 Å². The van der Waals surface area contributed by atoms with Crippen molar-refractivity contribution in [2.24, 2.45) is 0 Å². The van der Waals surface area contributed by atoms with Crippen molar-refractivity contribution in [3.63, 3.8) is 0 Å². The Kier molecular flexibility index (Phi) is 3.28. The smallest absolute Gasteiger partial charge is 0.0456 e. The molecular weight excluding hydrogens is 268 g/mol. The SMILES string of the molecule is C(=C/Cc1c[nH]c2ccccc12)/Cc1c[nH]c2ccccc12. The Bertz CT molecular complexity index is 862. The Morgan fingerprint density at radius 3 is 1.59 bits per heavy atom. The highest BCUT2D eigenvalue weighted by Gasteiger charge is 2.02. The molecule has 2 heterocycles. The average Bonchev–Trinajstić information content (AvgIpc) is 3.16. The van der Waals surface area contributed by atoms with Crippen LogP contribution in [0, 0.1) is 0 Å². The van der Waals surface area contributed by atoms with Gasteiger partial charge in [-0.3, -0.25) is 0 Å². The number of para-hydroxylation sites is 2. The van der Waals surface area contributed by atoms with Crippen LogP contribution in [0.5, 0.6) is 0 Å². The molecule has 108 valence electrons. The van der Waals surface area contributed by atoms with E-state index in [2.05, 4.69) is 83.0 Å². The van der Waals surface area contributed by atoms with Crippen LogP contribution in [0.3, 0.4) is 0 Å². The summed E-state index contributed by atoms with van der Waals surface area (Å²) in [4.78, 5) is 6.66. The Labute approximate surface area is 129 Å². The van der Waals surface area contributed by atoms with Gasteiger partial charge in [0.25, 0.3) is 0 Å². The fourth-order valence-electron chi connectivity index (χ4n) is 3.02. The maximum Gasteiger partial charge on any atom is 0.0456 e. The Morgan fingerprint density at radius 1 is 0.636 bits per heavy atom. The van der Waals surface area contributed by atoms with Crippen LogP contribution in [0.2, 0.25) is 0 Å². The first-order chi connectivity index (χ1) is 10.9. The fourth-order valence-corrected chi connectivity index (χ4v) is 3.02. The summed E-state index contributed by atoms with van der Waals surface area (Å²) in [6, 6.07) is 16.9. The van der Waals surface area contributed by atoms with Crippen molar-refractivity contribution in [3.8, 4) is 0 Å². The number of hydrogen-bond donors (Lipinski definition) is 2. The molecule has 0 spiro atoms. The van der Waals surface area contributed by atoms with E-state index in [1.165, 1.54) is 32.9 Å². The second-order valence-electron chi connectivity index (χ2n) is 5.60. The van der Waals surface area contributed by atoms with Gasteiger partial charge in [-0.25, -0.2) is 0 Å². The van der Waals surface area contributed by atoms with Crippen LogP contribution < -0.4 is 0 Å². The molecule has 0 aliphatic rings. The van der Waals surface area contributed by atoms with Crippen LogP contribution >= 0.6 is 0 Å². The first kappa shape index (κ1) is 13.0. The summed E-state index contributed by atoms with van der Waals surface area (Å²) in [7, 11) is 0. The van der Waals surface area contributed by atoms with Crippen LogP contribution in [0.1, 0.15) is 11.1 Å². The summed E-state index contributed by atoms with van der Waals surface area (Å²) in [6.45, 7) is 0. The zero-order chi connectivity index (χ0) is 14.8. The van der Waals surface area contributed by atoms with E-state index < -0.39 is 0 Å². The normalized spacial score (nSPS) is 11.8. The predicted octanol–water partition coefficient (Wildman–Crippen LogP) is 4.99. The van der Waals surface area contributed by atoms with Crippen LogP contribution in [0.25, 0.3) is 21.8 Å². The predicted molar refractivity (Wildman–Crippen MR) is 93.1 cm³/mol. The minimum Gasteiger partial charge on any atom is -0.361 e. The van der Waals surface area contributed by atoms with Crippen LogP contribution in [0.4, 0.5) is 0 Å². The number of fused-ring (bicyclic) bond motifs is 2. The second-order valence-corrected chi connectivity index (χ2v) is 5.60. The lowest BCUT2D eigenvalue weighted by molar-refractivity contribution is 1.22. The molecule has 0 fully saturated rings. The molecule has 4 rings (SSSR count). The summed E-state index contributed by atoms with van der Waals surface area (Å²) in [5, 5.41) is 2.64. The van der Waals surface area contributed by atoms with E-state index in [4.69, 9.17) is 0 Å². The van der Waals surface area contributed by atoms with Crippen molar-refractivity contribution < 1.29 is 0 Å². The summed E-state index contributed by atoms with van der Waals surface area (Å²) in [5.74, 6) is 0. The first-order valence-corrected chi connectivity index (χ1v) is 7.67. The average molecular weight is 286 g/mol. The van der Waals surface area contributed by atoms with Gasteiger partial charge in [0.1, 0.15) is 0 Å². The lowest BCUT2D eigenvalue weighted by atomic mass is 10.1. The van der Waals surface area contributed by atoms with Gasteiger partial charge in [0, 0.05) is 34.2 Å². The van der Waals surface area contributed by atoms with Crippen LogP contribution in [-0.2, 0) is 12.8 Å². The number of benzene rings is 2. The highest BCUT2D eigenvalue weighted by molar-refractivity contribution is 5.84. The van der Waals surface area contributed by atoms with Gasteiger partial charge in [-0.05, 0) is 36.1 Å². The molecule has 0 atom stereocenters. The molecular formula is C20H18N2. The Morgan fingerprint density at radius 2 is 1.09 bits per heavy atom. The van der Waals surface area contributed by atoms with E-state index in [9.17, 15) is 0 Å². The highest BCUT2D eigenvalue weighted by Crippen LogP contribution is 2.20. The van der Waals surface area contributed by atoms with Gasteiger partial charge in [0.2, 0.25) is 0 Å². The molecule has 0 radical (unpaired) electrons. The molecule has 2 nitrogen and oxygen atoms in total. The van der Waals surface area contributed by atoms with Crippen molar-refractivity contribution in [2.75, 3.05) is 0 Å². The molecule has 0 saturated carbocycles. The third-order valence-corrected chi connectivity index (χ3v) is 4.19. The Hall–Kier alpha value is -2.74. The van der Waals surface area contributed by atoms with E-state index in [0.717, 1.165) is 12.8 Å². The van der Waals surface area contributed by atoms with Crippen molar-refractivity contribution in [1.82, 2.24) is 9.97 Å². The quantitative estimate of drug-likeness (QED) is 0.495. The van der Waals surface area contributed by atoms with Crippen molar-refractivity contribution in [2.45, 2.75) is 12.8 Å². The van der Waals surface area contributed by atoms with Gasteiger partial charge in [0.15, 0.2) is 0 Å². The number of rotatable bonds is 4. The number of hydrogen-bond acceptors (Lipinski definition) is 0. The summed E-state index contributed by atoms with van der Waals surface area (Å²) in [5.41, 5.74) is 5.13. The van der Waals surface area contributed by atoms with Gasteiger partial charge < -0.3 is 9.97 Å². The molecule has 0 amide bonds. The van der Waals surface area contributed by atoms with E-state index in [1.54, 1.807) is 0 Å². The molecule has 0 aliphatic carbocycles. The van der Waals surface area contributed by atoms with Gasteiger partial charge >= 0.3 is 0 Å². The number of allylic oxidation sites excluding steroid dienone is 2. The maximum atomic E-state index is 3.33. The monoisotopic (exact) mass is 286 g/mol. The van der Waals surface area contributed by atoms with Gasteiger partial charge in [-0.2, -0.15) is 0 Å². The molecule has 2 aromatic heterocycles. The molecule has 2 heteroatoms. The molecule has 0 bridgehead atoms. The molecule has 22 heavy (non-hydrogen) atoms. The van der Waals surface area contributed by atoms with Gasteiger partial charge in [-0.15, -0.1) is 0 Å². The Balaban J connectivity index is 1.49. The van der Waals surface area contributed by atoms with Crippen molar-refractivity contribution in [1.29, 1.82) is 0 Å². The van der Waals surface area contributed by atoms with Gasteiger partial charge in [-0.1, -0.05) is 48.6 Å². The zero-order valence-electron chi connectivity index (χ0n) is 12.3. The van der Waals surface area contributed by atoms with Crippen molar-refractivity contribution >= 4 is 21.8 Å². The summed E-state index contributed by atoms with van der Waals surface area (Å²) < 4.78 is 0. The molecule has 2 aromatic carbocycles. The molecule has 4 aromatic rings.